The Hall–Kier alpha value is -1.91. The maximum Gasteiger partial charge on any atom is 0.241 e. The van der Waals surface area contributed by atoms with Gasteiger partial charge in [-0.1, -0.05) is 11.3 Å². The maximum atomic E-state index is 13.1. The van der Waals surface area contributed by atoms with Gasteiger partial charge in [-0.25, -0.2) is 17.5 Å². The number of hydrogen-bond acceptors (Lipinski definition) is 6. The molecular formula is C14H14FN5O2S2. The van der Waals surface area contributed by atoms with Crippen molar-refractivity contribution in [2.24, 2.45) is 0 Å². The van der Waals surface area contributed by atoms with Crippen LogP contribution in [0.4, 0.5) is 4.39 Å². The number of nitrogens with zero attached hydrogens (tertiary/aromatic N) is 4. The lowest BCUT2D eigenvalue weighted by Gasteiger charge is -2.08. The van der Waals surface area contributed by atoms with Gasteiger partial charge in [0.15, 0.2) is 5.82 Å². The zero-order valence-corrected chi connectivity index (χ0v) is 14.4. The molecule has 0 aliphatic heterocycles. The van der Waals surface area contributed by atoms with E-state index in [2.05, 4.69) is 20.0 Å². The quantitative estimate of drug-likeness (QED) is 0.745. The number of benzene rings is 1. The second-order valence-electron chi connectivity index (χ2n) is 5.76. The first-order valence-corrected chi connectivity index (χ1v) is 9.71. The summed E-state index contributed by atoms with van der Waals surface area (Å²) in [6, 6.07) is 3.59. The van der Waals surface area contributed by atoms with Gasteiger partial charge in [0, 0.05) is 5.92 Å². The van der Waals surface area contributed by atoms with Crippen molar-refractivity contribution in [2.45, 2.75) is 37.1 Å². The molecular weight excluding hydrogens is 353 g/mol. The predicted octanol–water partition coefficient (Wildman–Crippen LogP) is 1.99. The van der Waals surface area contributed by atoms with Crippen molar-refractivity contribution in [1.29, 1.82) is 0 Å². The molecule has 0 spiro atoms. The number of rotatable bonds is 5. The lowest BCUT2D eigenvalue weighted by molar-refractivity contribution is 0.578. The number of fused-ring (bicyclic) bond motifs is 1. The standard InChI is InChI=1S/C14H14FN5O2S2/c1-8-6-10(15)4-5-11(8)24(21,22)16-7-12-19-20-13(9-2-3-9)17-18-14(20)23-12/h4-6,9,16H,2-3,7H2,1H3. The van der Waals surface area contributed by atoms with Crippen LogP contribution < -0.4 is 4.72 Å². The van der Waals surface area contributed by atoms with E-state index in [9.17, 15) is 12.8 Å². The Morgan fingerprint density at radius 2 is 2.17 bits per heavy atom. The predicted molar refractivity (Wildman–Crippen MR) is 85.8 cm³/mol. The Balaban J connectivity index is 1.55. The molecule has 7 nitrogen and oxygen atoms in total. The molecule has 2 heterocycles. The molecule has 3 aromatic rings. The molecule has 1 saturated carbocycles. The van der Waals surface area contributed by atoms with Crippen molar-refractivity contribution in [2.75, 3.05) is 0 Å². The lowest BCUT2D eigenvalue weighted by Crippen LogP contribution is -2.24. The third-order valence-corrected chi connectivity index (χ3v) is 6.30. The minimum atomic E-state index is -3.74. The first kappa shape index (κ1) is 15.6. The second kappa shape index (κ2) is 5.57. The molecule has 2 aromatic heterocycles. The molecule has 0 amide bonds. The Bertz CT molecular complexity index is 1020. The van der Waals surface area contributed by atoms with E-state index in [1.807, 2.05) is 0 Å². The maximum absolute atomic E-state index is 13.1. The third kappa shape index (κ3) is 2.80. The van der Waals surface area contributed by atoms with Gasteiger partial charge in [0.05, 0.1) is 11.4 Å². The van der Waals surface area contributed by atoms with Gasteiger partial charge < -0.3 is 0 Å². The lowest BCUT2D eigenvalue weighted by atomic mass is 10.2. The number of sulfonamides is 1. The van der Waals surface area contributed by atoms with Gasteiger partial charge in [0.2, 0.25) is 15.0 Å². The summed E-state index contributed by atoms with van der Waals surface area (Å²) in [6.07, 6.45) is 2.17. The smallest absolute Gasteiger partial charge is 0.207 e. The second-order valence-corrected chi connectivity index (χ2v) is 8.53. The molecule has 0 atom stereocenters. The number of aromatic nitrogens is 4. The Morgan fingerprint density at radius 3 is 2.88 bits per heavy atom. The van der Waals surface area contributed by atoms with Crippen LogP contribution in [0, 0.1) is 12.7 Å². The van der Waals surface area contributed by atoms with Gasteiger partial charge in [-0.15, -0.1) is 10.2 Å². The summed E-state index contributed by atoms with van der Waals surface area (Å²) in [5, 5.41) is 13.2. The van der Waals surface area contributed by atoms with Crippen LogP contribution in [0.25, 0.3) is 4.96 Å². The van der Waals surface area contributed by atoms with Gasteiger partial charge in [0.1, 0.15) is 10.8 Å². The molecule has 0 bridgehead atoms. The molecule has 0 saturated heterocycles. The van der Waals surface area contributed by atoms with E-state index in [-0.39, 0.29) is 11.4 Å². The minimum absolute atomic E-state index is 0.0529. The van der Waals surface area contributed by atoms with E-state index in [4.69, 9.17) is 0 Å². The van der Waals surface area contributed by atoms with Crippen LogP contribution in [0.5, 0.6) is 0 Å². The van der Waals surface area contributed by atoms with E-state index in [0.717, 1.165) is 24.7 Å². The van der Waals surface area contributed by atoms with E-state index >= 15 is 0 Å². The first-order chi connectivity index (χ1) is 11.4. The van der Waals surface area contributed by atoms with E-state index in [1.165, 1.54) is 23.5 Å². The molecule has 1 aromatic carbocycles. The topological polar surface area (TPSA) is 89.2 Å². The fourth-order valence-corrected chi connectivity index (χ4v) is 4.57. The highest BCUT2D eigenvalue weighted by molar-refractivity contribution is 7.89. The minimum Gasteiger partial charge on any atom is -0.207 e. The van der Waals surface area contributed by atoms with Crippen LogP contribution in [0.2, 0.25) is 0 Å². The molecule has 24 heavy (non-hydrogen) atoms. The van der Waals surface area contributed by atoms with Crippen molar-refractivity contribution in [3.05, 3.63) is 40.4 Å². The normalized spacial score (nSPS) is 15.2. The van der Waals surface area contributed by atoms with E-state index in [1.54, 1.807) is 11.4 Å². The van der Waals surface area contributed by atoms with Crippen LogP contribution in [0.1, 0.15) is 35.2 Å². The van der Waals surface area contributed by atoms with Gasteiger partial charge >= 0.3 is 0 Å². The zero-order chi connectivity index (χ0) is 16.9. The van der Waals surface area contributed by atoms with Crippen molar-refractivity contribution in [3.8, 4) is 0 Å². The van der Waals surface area contributed by atoms with Crippen LogP contribution in [0.15, 0.2) is 23.1 Å². The summed E-state index contributed by atoms with van der Waals surface area (Å²) in [7, 11) is -3.74. The molecule has 10 heteroatoms. The highest BCUT2D eigenvalue weighted by atomic mass is 32.2. The van der Waals surface area contributed by atoms with Crippen molar-refractivity contribution >= 4 is 26.3 Å². The average Bonchev–Trinajstić information content (AvgIpc) is 3.15. The molecule has 126 valence electrons. The molecule has 1 N–H and O–H groups in total. The van der Waals surface area contributed by atoms with Gasteiger partial charge in [-0.3, -0.25) is 0 Å². The van der Waals surface area contributed by atoms with Gasteiger partial charge in [-0.05, 0) is 43.5 Å². The summed E-state index contributed by atoms with van der Waals surface area (Å²) in [6.45, 7) is 1.61. The first-order valence-electron chi connectivity index (χ1n) is 7.41. The van der Waals surface area contributed by atoms with Crippen LogP contribution in [-0.2, 0) is 16.6 Å². The molecule has 1 aliphatic carbocycles. The summed E-state index contributed by atoms with van der Waals surface area (Å²) >= 11 is 1.30. The monoisotopic (exact) mass is 367 g/mol. The molecule has 0 unspecified atom stereocenters. The van der Waals surface area contributed by atoms with Crippen molar-refractivity contribution < 1.29 is 12.8 Å². The summed E-state index contributed by atoms with van der Waals surface area (Å²) in [4.78, 5) is 0.717. The summed E-state index contributed by atoms with van der Waals surface area (Å²) < 4.78 is 42.1. The largest absolute Gasteiger partial charge is 0.241 e. The van der Waals surface area contributed by atoms with Crippen LogP contribution in [-0.4, -0.2) is 28.2 Å². The van der Waals surface area contributed by atoms with E-state index in [0.29, 0.717) is 21.4 Å². The highest BCUT2D eigenvalue weighted by Crippen LogP contribution is 2.39. The molecule has 1 fully saturated rings. The fourth-order valence-electron chi connectivity index (χ4n) is 2.49. The molecule has 1 aliphatic rings. The highest BCUT2D eigenvalue weighted by Gasteiger charge is 2.30. The molecule has 0 radical (unpaired) electrons. The molecule has 4 rings (SSSR count). The fraction of sp³-hybridized carbons (Fsp3) is 0.357. The number of halogens is 1. The van der Waals surface area contributed by atoms with Crippen molar-refractivity contribution in [3.63, 3.8) is 0 Å². The Kier molecular flexibility index (Phi) is 3.62. The van der Waals surface area contributed by atoms with Crippen LogP contribution in [0.3, 0.4) is 0 Å². The zero-order valence-electron chi connectivity index (χ0n) is 12.7. The van der Waals surface area contributed by atoms with Crippen molar-refractivity contribution in [1.82, 2.24) is 24.5 Å². The average molecular weight is 367 g/mol. The third-order valence-electron chi connectivity index (χ3n) is 3.84. The SMILES string of the molecule is Cc1cc(F)ccc1S(=O)(=O)NCc1nn2c(C3CC3)nnc2s1. The summed E-state index contributed by atoms with van der Waals surface area (Å²) in [5.41, 5.74) is 0.358. The van der Waals surface area contributed by atoms with E-state index < -0.39 is 15.8 Å². The number of hydrogen-bond donors (Lipinski definition) is 1. The Morgan fingerprint density at radius 1 is 1.38 bits per heavy atom. The number of aryl methyl sites for hydroxylation is 1. The number of nitrogens with one attached hydrogen (secondary N) is 1. The van der Waals surface area contributed by atoms with Crippen LogP contribution >= 0.6 is 11.3 Å². The Labute approximate surface area is 141 Å². The van der Waals surface area contributed by atoms with Gasteiger partial charge in [-0.2, -0.15) is 9.61 Å². The summed E-state index contributed by atoms with van der Waals surface area (Å²) in [5.74, 6) is 0.783. The van der Waals surface area contributed by atoms with Gasteiger partial charge in [0.25, 0.3) is 0 Å².